The fourth-order valence-electron chi connectivity index (χ4n) is 9.57. The second kappa shape index (κ2) is 28.3. The Morgan fingerprint density at radius 3 is 1.44 bits per heavy atom. The Labute approximate surface area is 502 Å². The van der Waals surface area contributed by atoms with Gasteiger partial charge in [0.1, 0.15) is 23.3 Å². The summed E-state index contributed by atoms with van der Waals surface area (Å²) in [6, 6.07) is 37.0. The van der Waals surface area contributed by atoms with E-state index in [4.69, 9.17) is 0 Å². The van der Waals surface area contributed by atoms with Gasteiger partial charge in [-0.1, -0.05) is 48.9 Å². The van der Waals surface area contributed by atoms with Gasteiger partial charge in [-0.05, 0) is 62.5 Å². The predicted octanol–water partition coefficient (Wildman–Crippen LogP) is 11.7. The third kappa shape index (κ3) is 14.6. The van der Waals surface area contributed by atoms with Crippen molar-refractivity contribution in [1.29, 1.82) is 0 Å². The smallest absolute Gasteiger partial charge is 0.351 e. The summed E-state index contributed by atoms with van der Waals surface area (Å²) in [6.07, 6.45) is 8.19. The standard InChI is InChI=1S/C18H16N3.C14H13F3N3.C12H10F2N3.C12H11FN3.4Ir/c1-2-7-14(8-3-1)15-9-6-10-16(13-15)18-20-19-17-11-4-5-12-21(17)18;1-9-6-10(8-11(7-9)14(15,16)17)13-19-18-12-4-2-3-5-20(12)13;13-8-4-5-9(10(14)7-8)12-16-15-11-3-1-2-6-17(11)12;13-10-6-4-9(5-7-10)12-15-14-11-3-1-2-8-16(11)12;;;;/h1-3,6-9,13H,4-5,11-12H2;6-7H,2-5H2,1H3;4,7H,1-3,6H2;4,6-7H,1-3,8H2;;;;/q4*-1;;;;. The molecule has 0 N–H and O–H groups in total. The van der Waals surface area contributed by atoms with Crippen molar-refractivity contribution in [1.82, 2.24) is 59.1 Å². The van der Waals surface area contributed by atoms with Crippen LogP contribution in [0.15, 0.2) is 91.0 Å². The van der Waals surface area contributed by atoms with Gasteiger partial charge in [0.15, 0.2) is 0 Å². The number of benzene rings is 5. The SMILES string of the molecule is Cc1cc(-c2nnc3n2CCCC3)[c-]c(C(F)(F)F)c1.Fc1c[c-]c(-c2nnc3n2CCCC3)c(F)c1.Fc1c[c-]c(-c2nnc3n2CCCC3)cc1.[Ir].[Ir].[Ir].[Ir].[c-]1ccc(-c2ccccc2)cc1-c1nnc2n1CCCC2. The molecule has 5 aromatic carbocycles. The van der Waals surface area contributed by atoms with E-state index < -0.39 is 23.4 Å². The van der Waals surface area contributed by atoms with Gasteiger partial charge in [0.25, 0.3) is 0 Å². The van der Waals surface area contributed by atoms with E-state index in [1.807, 2.05) is 21.3 Å². The zero-order chi connectivity index (χ0) is 51.2. The number of rotatable bonds is 5. The zero-order valence-electron chi connectivity index (χ0n) is 41.9. The molecule has 0 amide bonds. The Hall–Kier alpha value is -5.16. The first kappa shape index (κ1) is 62.0. The number of halogens is 6. The van der Waals surface area contributed by atoms with Gasteiger partial charge in [0, 0.05) is 150 Å². The van der Waals surface area contributed by atoms with Gasteiger partial charge in [0.05, 0.1) is 23.3 Å². The van der Waals surface area contributed by atoms with Crippen LogP contribution >= 0.6 is 0 Å². The molecule has 0 saturated heterocycles. The molecule has 12 nitrogen and oxygen atoms in total. The second-order valence-corrected chi connectivity index (χ2v) is 18.5. The maximum Gasteiger partial charge on any atom is 0.399 e. The first-order chi connectivity index (χ1) is 36.0. The van der Waals surface area contributed by atoms with Crippen LogP contribution in [0.2, 0.25) is 0 Å². The predicted molar refractivity (Wildman–Crippen MR) is 264 cm³/mol. The molecule has 8 heterocycles. The number of fused-ring (bicyclic) bond motifs is 4. The molecule has 0 atom stereocenters. The molecule has 22 heteroatoms. The van der Waals surface area contributed by atoms with E-state index in [1.54, 1.807) is 19.1 Å². The van der Waals surface area contributed by atoms with Crippen molar-refractivity contribution in [3.8, 4) is 56.7 Å². The number of alkyl halides is 3. The molecule has 4 aliphatic heterocycles. The van der Waals surface area contributed by atoms with Gasteiger partial charge in [-0.15, -0.1) is 127 Å². The molecule has 0 fully saturated rings. The Morgan fingerprint density at radius 1 is 0.449 bits per heavy atom. The zero-order valence-corrected chi connectivity index (χ0v) is 51.5. The van der Waals surface area contributed by atoms with E-state index in [0.29, 0.717) is 22.8 Å². The van der Waals surface area contributed by atoms with Crippen LogP contribution in [0.5, 0.6) is 0 Å². The van der Waals surface area contributed by atoms with E-state index in [2.05, 4.69) is 111 Å². The van der Waals surface area contributed by atoms with Crippen molar-refractivity contribution in [3.05, 3.63) is 167 Å². The second-order valence-electron chi connectivity index (χ2n) is 18.5. The minimum atomic E-state index is -4.40. The summed E-state index contributed by atoms with van der Waals surface area (Å²) in [5.41, 5.74) is 4.56. The summed E-state index contributed by atoms with van der Waals surface area (Å²) in [4.78, 5) is 0. The van der Waals surface area contributed by atoms with Crippen LogP contribution in [0.3, 0.4) is 0 Å². The normalized spacial score (nSPS) is 13.9. The quantitative estimate of drug-likeness (QED) is 0.123. The van der Waals surface area contributed by atoms with Crippen molar-refractivity contribution in [2.24, 2.45) is 0 Å². The number of aryl methyl sites for hydroxylation is 5. The van der Waals surface area contributed by atoms with Crippen LogP contribution in [0.1, 0.15) is 85.8 Å². The Balaban J connectivity index is 0.000000166. The molecule has 0 bridgehead atoms. The van der Waals surface area contributed by atoms with Gasteiger partial charge in [-0.3, -0.25) is 13.2 Å². The molecule has 0 aliphatic carbocycles. The van der Waals surface area contributed by atoms with Crippen LogP contribution in [-0.4, -0.2) is 59.1 Å². The van der Waals surface area contributed by atoms with Crippen LogP contribution in [0.25, 0.3) is 56.7 Å². The molecule has 0 spiro atoms. The number of nitrogens with zero attached hydrogens (tertiary/aromatic N) is 12. The van der Waals surface area contributed by atoms with E-state index in [0.717, 1.165) is 148 Å². The van der Waals surface area contributed by atoms with Crippen LogP contribution in [0.4, 0.5) is 26.3 Å². The molecule has 4 radical (unpaired) electrons. The molecule has 4 aliphatic rings. The Kier molecular flexibility index (Phi) is 22.5. The third-order valence-corrected chi connectivity index (χ3v) is 13.2. The van der Waals surface area contributed by atoms with E-state index >= 15 is 0 Å². The topological polar surface area (TPSA) is 123 Å². The van der Waals surface area contributed by atoms with Crippen molar-refractivity contribution in [2.45, 2.75) is 116 Å². The largest absolute Gasteiger partial charge is 0.399 e. The maximum atomic E-state index is 13.6. The molecule has 9 aromatic rings. The summed E-state index contributed by atoms with van der Waals surface area (Å²) in [6.45, 7) is 5.13. The van der Waals surface area contributed by atoms with Crippen molar-refractivity contribution in [3.63, 3.8) is 0 Å². The molecular weight excluding hydrogens is 1720 g/mol. The van der Waals surface area contributed by atoms with Crippen molar-refractivity contribution < 1.29 is 107 Å². The average molecular weight is 1770 g/mol. The Bertz CT molecular complexity index is 3380. The molecule has 4 aromatic heterocycles. The first-order valence-corrected chi connectivity index (χ1v) is 24.9. The van der Waals surface area contributed by atoms with E-state index in [9.17, 15) is 26.3 Å². The van der Waals surface area contributed by atoms with Crippen LogP contribution in [0, 0.1) is 48.6 Å². The summed E-state index contributed by atoms with van der Waals surface area (Å²) < 4.78 is 85.9. The van der Waals surface area contributed by atoms with E-state index in [-0.39, 0.29) is 91.8 Å². The maximum absolute atomic E-state index is 13.6. The summed E-state index contributed by atoms with van der Waals surface area (Å²) >= 11 is 0. The van der Waals surface area contributed by atoms with Crippen molar-refractivity contribution >= 4 is 0 Å². The molecule has 0 saturated carbocycles. The summed E-state index contributed by atoms with van der Waals surface area (Å²) in [7, 11) is 0. The van der Waals surface area contributed by atoms with Crippen LogP contribution in [-0.2, 0) is 138 Å². The molecular formula is C56H50F6Ir4N12-4. The molecule has 78 heavy (non-hydrogen) atoms. The first-order valence-electron chi connectivity index (χ1n) is 24.9. The molecule has 416 valence electrons. The molecule has 13 rings (SSSR count). The summed E-state index contributed by atoms with van der Waals surface area (Å²) in [5, 5.41) is 33.1. The third-order valence-electron chi connectivity index (χ3n) is 13.2. The van der Waals surface area contributed by atoms with Gasteiger partial charge < -0.3 is 18.3 Å². The van der Waals surface area contributed by atoms with Crippen LogP contribution < -0.4 is 0 Å². The minimum Gasteiger partial charge on any atom is -0.351 e. The van der Waals surface area contributed by atoms with E-state index in [1.165, 1.54) is 42.5 Å². The van der Waals surface area contributed by atoms with Gasteiger partial charge in [-0.2, -0.15) is 33.6 Å². The number of hydrogen-bond donors (Lipinski definition) is 0. The van der Waals surface area contributed by atoms with Gasteiger partial charge >= 0.3 is 6.18 Å². The number of hydrogen-bond acceptors (Lipinski definition) is 8. The Morgan fingerprint density at radius 2 is 0.936 bits per heavy atom. The summed E-state index contributed by atoms with van der Waals surface area (Å²) in [5.74, 6) is 4.95. The number of aromatic nitrogens is 12. The van der Waals surface area contributed by atoms with Crippen molar-refractivity contribution in [2.75, 3.05) is 0 Å². The van der Waals surface area contributed by atoms with Gasteiger partial charge in [-0.25, -0.2) is 0 Å². The minimum absolute atomic E-state index is 0. The monoisotopic (exact) mass is 1780 g/mol. The fraction of sp³-hybridized carbons (Fsp3) is 0.321. The average Bonchev–Trinajstić information content (AvgIpc) is 4.34. The molecule has 0 unspecified atom stereocenters. The fourth-order valence-corrected chi connectivity index (χ4v) is 9.57. The van der Waals surface area contributed by atoms with Gasteiger partial charge in [0.2, 0.25) is 0 Å².